The molecule has 0 radical (unpaired) electrons. The summed E-state index contributed by atoms with van der Waals surface area (Å²) in [5, 5.41) is 0. The van der Waals surface area contributed by atoms with Crippen molar-refractivity contribution in [3.63, 3.8) is 0 Å². The molecule has 0 aromatic heterocycles. The van der Waals surface area contributed by atoms with Crippen LogP contribution in [0.15, 0.2) is 12.2 Å². The lowest BCUT2D eigenvalue weighted by Gasteiger charge is -2.13. The number of nitrogens with zero attached hydrogens (tertiary/aromatic N) is 1. The molecule has 2 atom stereocenters. The Bertz CT molecular complexity index is 334. The molecule has 4 nitrogen and oxygen atoms in total. The molecule has 0 aliphatic heterocycles. The molecule has 0 spiro atoms. The van der Waals surface area contributed by atoms with Crippen molar-refractivity contribution >= 4 is 18.4 Å². The minimum atomic E-state index is -0.737. The van der Waals surface area contributed by atoms with Crippen molar-refractivity contribution in [2.24, 2.45) is 5.73 Å². The standard InChI is InChI=1S/C13H23N2O2/c1-6-7-12(9(2)3)15(5)13(17)8-11(14)10(4)16/h11-12H,2,5-8,14H2,1,3-4H3/q+1/t11-,12-/m0/s1. The summed E-state index contributed by atoms with van der Waals surface area (Å²) in [6.07, 6.45) is 1.77. The smallest absolute Gasteiger partial charge is 0.321 e. The minimum absolute atomic E-state index is 0.00628. The van der Waals surface area contributed by atoms with Crippen LogP contribution >= 0.6 is 0 Å². The summed E-state index contributed by atoms with van der Waals surface area (Å²) in [5.74, 6) is -0.400. The van der Waals surface area contributed by atoms with E-state index in [9.17, 15) is 9.59 Å². The van der Waals surface area contributed by atoms with Crippen LogP contribution in [0, 0.1) is 0 Å². The number of carbonyl (C=O) groups excluding carboxylic acids is 2. The van der Waals surface area contributed by atoms with Crippen LogP contribution in [0.5, 0.6) is 0 Å². The van der Waals surface area contributed by atoms with Crippen LogP contribution in [-0.2, 0) is 9.59 Å². The van der Waals surface area contributed by atoms with Crippen molar-refractivity contribution in [2.45, 2.75) is 52.1 Å². The van der Waals surface area contributed by atoms with E-state index in [-0.39, 0.29) is 24.2 Å². The molecule has 0 saturated carbocycles. The van der Waals surface area contributed by atoms with Gasteiger partial charge in [-0.25, -0.2) is 4.79 Å². The molecule has 0 unspecified atom stereocenters. The van der Waals surface area contributed by atoms with Gasteiger partial charge < -0.3 is 5.73 Å². The zero-order valence-corrected chi connectivity index (χ0v) is 11.0. The van der Waals surface area contributed by atoms with Gasteiger partial charge in [0.15, 0.2) is 6.04 Å². The number of amides is 1. The first-order valence-corrected chi connectivity index (χ1v) is 5.85. The van der Waals surface area contributed by atoms with Crippen LogP contribution in [0.3, 0.4) is 0 Å². The summed E-state index contributed by atoms with van der Waals surface area (Å²) >= 11 is 0. The molecule has 0 aromatic rings. The van der Waals surface area contributed by atoms with Gasteiger partial charge >= 0.3 is 5.91 Å². The summed E-state index contributed by atoms with van der Waals surface area (Å²) < 4.78 is 1.40. The Balaban J connectivity index is 4.61. The summed E-state index contributed by atoms with van der Waals surface area (Å²) in [6, 6.07) is -0.814. The van der Waals surface area contributed by atoms with Crippen molar-refractivity contribution in [3.05, 3.63) is 12.2 Å². The molecule has 0 fully saturated rings. The molecule has 96 valence electrons. The van der Waals surface area contributed by atoms with E-state index in [0.29, 0.717) is 0 Å². The molecular weight excluding hydrogens is 216 g/mol. The van der Waals surface area contributed by atoms with Gasteiger partial charge in [-0.05, 0) is 25.8 Å². The van der Waals surface area contributed by atoms with Gasteiger partial charge in [0, 0.05) is 6.42 Å². The van der Waals surface area contributed by atoms with E-state index in [1.165, 1.54) is 11.5 Å². The topological polar surface area (TPSA) is 63.2 Å². The fourth-order valence-electron chi connectivity index (χ4n) is 1.56. The summed E-state index contributed by atoms with van der Waals surface area (Å²) in [4.78, 5) is 22.9. The Morgan fingerprint density at radius 3 is 2.24 bits per heavy atom. The molecule has 0 rings (SSSR count). The van der Waals surface area contributed by atoms with Crippen LogP contribution < -0.4 is 5.73 Å². The molecule has 0 aliphatic carbocycles. The zero-order valence-electron chi connectivity index (χ0n) is 11.0. The second-order valence-corrected chi connectivity index (χ2v) is 4.44. The molecule has 4 heteroatoms. The molecule has 17 heavy (non-hydrogen) atoms. The predicted octanol–water partition coefficient (Wildman–Crippen LogP) is 1.28. The molecule has 0 saturated heterocycles. The fourth-order valence-corrected chi connectivity index (χ4v) is 1.56. The normalized spacial score (nSPS) is 13.9. The Labute approximate surface area is 103 Å². The van der Waals surface area contributed by atoms with Gasteiger partial charge in [-0.1, -0.05) is 13.5 Å². The van der Waals surface area contributed by atoms with Crippen molar-refractivity contribution in [1.82, 2.24) is 0 Å². The maximum absolute atomic E-state index is 11.9. The Morgan fingerprint density at radius 2 is 1.88 bits per heavy atom. The number of hydrogen-bond acceptors (Lipinski definition) is 3. The predicted molar refractivity (Wildman–Crippen MR) is 69.2 cm³/mol. The van der Waals surface area contributed by atoms with E-state index in [0.717, 1.165) is 18.4 Å². The summed E-state index contributed by atoms with van der Waals surface area (Å²) in [5.41, 5.74) is 6.45. The number of rotatable bonds is 7. The lowest BCUT2D eigenvalue weighted by molar-refractivity contribution is -0.472. The molecule has 1 amide bonds. The Hall–Kier alpha value is -1.29. The van der Waals surface area contributed by atoms with Crippen LogP contribution in [0.25, 0.3) is 0 Å². The lowest BCUT2D eigenvalue weighted by atomic mass is 10.0. The molecule has 0 heterocycles. The van der Waals surface area contributed by atoms with Crippen molar-refractivity contribution < 1.29 is 14.2 Å². The van der Waals surface area contributed by atoms with Gasteiger partial charge in [-0.15, -0.1) is 0 Å². The van der Waals surface area contributed by atoms with Gasteiger partial charge in [0.25, 0.3) is 0 Å². The van der Waals surface area contributed by atoms with Crippen LogP contribution in [-0.4, -0.2) is 35.1 Å². The quantitative estimate of drug-likeness (QED) is 0.413. The van der Waals surface area contributed by atoms with E-state index < -0.39 is 6.04 Å². The van der Waals surface area contributed by atoms with Gasteiger partial charge in [-0.2, -0.15) is 4.58 Å². The number of nitrogens with two attached hydrogens (primary N) is 1. The van der Waals surface area contributed by atoms with Crippen LogP contribution in [0.1, 0.15) is 40.0 Å². The van der Waals surface area contributed by atoms with Crippen LogP contribution in [0.4, 0.5) is 0 Å². The van der Waals surface area contributed by atoms with Gasteiger partial charge in [0.05, 0.1) is 12.5 Å². The maximum atomic E-state index is 11.9. The molecule has 2 N–H and O–H groups in total. The molecule has 0 aliphatic rings. The molecule has 0 bridgehead atoms. The fraction of sp³-hybridized carbons (Fsp3) is 0.615. The van der Waals surface area contributed by atoms with Gasteiger partial charge in [0.1, 0.15) is 12.5 Å². The largest absolute Gasteiger partial charge is 0.388 e. The van der Waals surface area contributed by atoms with E-state index in [4.69, 9.17) is 5.73 Å². The Morgan fingerprint density at radius 1 is 1.35 bits per heavy atom. The third kappa shape index (κ3) is 5.04. The second kappa shape index (κ2) is 7.12. The third-order valence-electron chi connectivity index (χ3n) is 2.74. The maximum Gasteiger partial charge on any atom is 0.388 e. The summed E-state index contributed by atoms with van der Waals surface area (Å²) in [7, 11) is 0. The average Bonchev–Trinajstić information content (AvgIpc) is 2.24. The zero-order chi connectivity index (χ0) is 13.6. The average molecular weight is 239 g/mol. The van der Waals surface area contributed by atoms with Gasteiger partial charge in [0.2, 0.25) is 0 Å². The molecule has 0 aromatic carbocycles. The van der Waals surface area contributed by atoms with Crippen molar-refractivity contribution in [2.75, 3.05) is 0 Å². The minimum Gasteiger partial charge on any atom is -0.321 e. The van der Waals surface area contributed by atoms with E-state index in [2.05, 4.69) is 13.3 Å². The Kier molecular flexibility index (Phi) is 6.58. The van der Waals surface area contributed by atoms with Crippen molar-refractivity contribution in [3.8, 4) is 0 Å². The van der Waals surface area contributed by atoms with Crippen LogP contribution in [0.2, 0.25) is 0 Å². The first kappa shape index (κ1) is 15.7. The first-order chi connectivity index (χ1) is 7.81. The highest BCUT2D eigenvalue weighted by Gasteiger charge is 2.28. The third-order valence-corrected chi connectivity index (χ3v) is 2.74. The highest BCUT2D eigenvalue weighted by Crippen LogP contribution is 2.11. The number of hydrogen-bond donors (Lipinski definition) is 1. The lowest BCUT2D eigenvalue weighted by Crippen LogP contribution is -2.38. The van der Waals surface area contributed by atoms with E-state index in [1.54, 1.807) is 0 Å². The monoisotopic (exact) mass is 239 g/mol. The number of ketones is 1. The highest BCUT2D eigenvalue weighted by molar-refractivity contribution is 5.86. The second-order valence-electron chi connectivity index (χ2n) is 4.44. The van der Waals surface area contributed by atoms with Crippen molar-refractivity contribution in [1.29, 1.82) is 0 Å². The highest BCUT2D eigenvalue weighted by atomic mass is 16.2. The van der Waals surface area contributed by atoms with E-state index >= 15 is 0 Å². The summed E-state index contributed by atoms with van der Waals surface area (Å²) in [6.45, 7) is 12.9. The number of carbonyl (C=O) groups is 2. The first-order valence-electron chi connectivity index (χ1n) is 5.85. The van der Waals surface area contributed by atoms with E-state index in [1.807, 2.05) is 13.8 Å². The van der Waals surface area contributed by atoms with Gasteiger partial charge in [-0.3, -0.25) is 4.79 Å². The number of Topliss-reactive ketones (excluding diaryl/α,β-unsaturated/α-hetero) is 1. The molecular formula is C13H23N2O2+. The SMILES string of the molecule is C=C(C)[C@H](CCC)[N+](=C)C(=O)C[C@H](N)C(C)=O.